The standard InChI is InChI=1S/C26H31F3O3/c1-2-3-4-5-6-7-8-9-16-32-23-15-10-12-20(17-23)18-24(25(30)31)21-13-11-14-22(19-21)26(27,28)29/h10-15,17-19H,2-9,16H2,1H3,(H,30,31)/b24-18+. The molecule has 0 atom stereocenters. The van der Waals surface area contributed by atoms with Gasteiger partial charge >= 0.3 is 12.1 Å². The molecular weight excluding hydrogens is 417 g/mol. The number of benzene rings is 2. The van der Waals surface area contributed by atoms with Crippen molar-refractivity contribution in [3.05, 3.63) is 65.2 Å². The molecule has 0 heterocycles. The first-order valence-electron chi connectivity index (χ1n) is 11.2. The lowest BCUT2D eigenvalue weighted by Gasteiger charge is -2.10. The molecule has 2 aromatic rings. The van der Waals surface area contributed by atoms with Gasteiger partial charge in [0, 0.05) is 0 Å². The second kappa shape index (κ2) is 12.9. The van der Waals surface area contributed by atoms with Gasteiger partial charge in [0.25, 0.3) is 0 Å². The lowest BCUT2D eigenvalue weighted by Crippen LogP contribution is -2.07. The fourth-order valence-corrected chi connectivity index (χ4v) is 3.42. The maximum Gasteiger partial charge on any atom is 0.416 e. The van der Waals surface area contributed by atoms with Gasteiger partial charge in [-0.3, -0.25) is 0 Å². The highest BCUT2D eigenvalue weighted by atomic mass is 19.4. The predicted molar refractivity (Wildman–Crippen MR) is 121 cm³/mol. The number of carboxylic acids is 1. The molecule has 6 heteroatoms. The van der Waals surface area contributed by atoms with E-state index in [4.69, 9.17) is 4.74 Å². The van der Waals surface area contributed by atoms with Gasteiger partial charge in [-0.15, -0.1) is 0 Å². The predicted octanol–water partition coefficient (Wildman–Crippen LogP) is 7.85. The number of carboxylic acid groups (broad SMARTS) is 1. The van der Waals surface area contributed by atoms with Crippen LogP contribution in [0.3, 0.4) is 0 Å². The molecule has 0 aliphatic rings. The van der Waals surface area contributed by atoms with Crippen LogP contribution in [0.4, 0.5) is 13.2 Å². The van der Waals surface area contributed by atoms with Crippen LogP contribution < -0.4 is 4.74 Å². The molecule has 2 rings (SSSR count). The van der Waals surface area contributed by atoms with E-state index in [1.165, 1.54) is 56.7 Å². The number of alkyl halides is 3. The van der Waals surface area contributed by atoms with E-state index in [0.29, 0.717) is 17.9 Å². The third kappa shape index (κ3) is 8.77. The molecule has 174 valence electrons. The molecule has 0 saturated carbocycles. The topological polar surface area (TPSA) is 46.5 Å². The van der Waals surface area contributed by atoms with Gasteiger partial charge in [-0.05, 0) is 47.9 Å². The average molecular weight is 449 g/mol. The average Bonchev–Trinajstić information content (AvgIpc) is 2.76. The van der Waals surface area contributed by atoms with Gasteiger partial charge in [-0.2, -0.15) is 13.2 Å². The summed E-state index contributed by atoms with van der Waals surface area (Å²) in [6.45, 7) is 2.78. The molecule has 2 aromatic carbocycles. The molecule has 0 aliphatic carbocycles. The molecule has 0 saturated heterocycles. The third-order valence-corrected chi connectivity index (χ3v) is 5.17. The summed E-state index contributed by atoms with van der Waals surface area (Å²) in [7, 11) is 0. The van der Waals surface area contributed by atoms with E-state index in [1.807, 2.05) is 0 Å². The van der Waals surface area contributed by atoms with E-state index in [9.17, 15) is 23.1 Å². The molecule has 0 bridgehead atoms. The Kier molecular flexibility index (Phi) is 10.3. The number of carbonyl (C=O) groups is 1. The minimum absolute atomic E-state index is 0.00224. The third-order valence-electron chi connectivity index (χ3n) is 5.17. The SMILES string of the molecule is CCCCCCCCCCOc1cccc(/C=C(/C(=O)O)c2cccc(C(F)(F)F)c2)c1. The minimum atomic E-state index is -4.54. The van der Waals surface area contributed by atoms with Crippen molar-refractivity contribution in [1.29, 1.82) is 0 Å². The lowest BCUT2D eigenvalue weighted by atomic mass is 10.0. The van der Waals surface area contributed by atoms with Crippen molar-refractivity contribution in [1.82, 2.24) is 0 Å². The number of aliphatic carboxylic acids is 1. The van der Waals surface area contributed by atoms with Crippen molar-refractivity contribution in [2.75, 3.05) is 6.61 Å². The lowest BCUT2D eigenvalue weighted by molar-refractivity contribution is -0.137. The maximum absolute atomic E-state index is 13.0. The summed E-state index contributed by atoms with van der Waals surface area (Å²) in [6, 6.07) is 11.2. The van der Waals surface area contributed by atoms with Gasteiger partial charge in [-0.1, -0.05) is 76.1 Å². The van der Waals surface area contributed by atoms with Crippen molar-refractivity contribution in [3.63, 3.8) is 0 Å². The molecule has 3 nitrogen and oxygen atoms in total. The van der Waals surface area contributed by atoms with Crippen LogP contribution >= 0.6 is 0 Å². The summed E-state index contributed by atoms with van der Waals surface area (Å²) in [4.78, 5) is 11.7. The van der Waals surface area contributed by atoms with Crippen LogP contribution in [-0.2, 0) is 11.0 Å². The van der Waals surface area contributed by atoms with E-state index in [0.717, 1.165) is 25.0 Å². The largest absolute Gasteiger partial charge is 0.494 e. The zero-order chi connectivity index (χ0) is 23.4. The number of rotatable bonds is 13. The Balaban J connectivity index is 1.98. The first-order chi connectivity index (χ1) is 15.3. The molecule has 32 heavy (non-hydrogen) atoms. The first kappa shape index (κ1) is 25.5. The Bertz CT molecular complexity index is 888. The van der Waals surface area contributed by atoms with E-state index in [2.05, 4.69) is 6.92 Å². The summed E-state index contributed by atoms with van der Waals surface area (Å²) < 4.78 is 44.8. The molecule has 0 aliphatic heterocycles. The van der Waals surface area contributed by atoms with Crippen molar-refractivity contribution < 1.29 is 27.8 Å². The molecule has 0 aromatic heterocycles. The number of halogens is 3. The minimum Gasteiger partial charge on any atom is -0.494 e. The Hall–Kier alpha value is -2.76. The van der Waals surface area contributed by atoms with E-state index >= 15 is 0 Å². The van der Waals surface area contributed by atoms with Crippen LogP contribution in [0.15, 0.2) is 48.5 Å². The van der Waals surface area contributed by atoms with Gasteiger partial charge in [0.1, 0.15) is 5.75 Å². The highest BCUT2D eigenvalue weighted by Gasteiger charge is 2.30. The Morgan fingerprint density at radius 2 is 1.59 bits per heavy atom. The highest BCUT2D eigenvalue weighted by molar-refractivity contribution is 6.20. The van der Waals surface area contributed by atoms with E-state index in [-0.39, 0.29) is 11.1 Å². The Labute approximate surface area is 187 Å². The number of hydrogen-bond donors (Lipinski definition) is 1. The molecule has 0 fully saturated rings. The summed E-state index contributed by atoms with van der Waals surface area (Å²) in [6.07, 6.45) is 6.42. The van der Waals surface area contributed by atoms with Gasteiger partial charge in [0.05, 0.1) is 17.7 Å². The van der Waals surface area contributed by atoms with Crippen molar-refractivity contribution in [3.8, 4) is 5.75 Å². The van der Waals surface area contributed by atoms with Crippen LogP contribution in [0.1, 0.15) is 75.0 Å². The number of unbranched alkanes of at least 4 members (excludes halogenated alkanes) is 7. The summed E-state index contributed by atoms with van der Waals surface area (Å²) in [5, 5.41) is 9.56. The smallest absolute Gasteiger partial charge is 0.416 e. The normalized spacial score (nSPS) is 12.1. The van der Waals surface area contributed by atoms with Gasteiger partial charge in [0.15, 0.2) is 0 Å². The summed E-state index contributed by atoms with van der Waals surface area (Å²) in [5.74, 6) is -0.690. The van der Waals surface area contributed by atoms with Crippen LogP contribution in [0.25, 0.3) is 11.6 Å². The number of hydrogen-bond acceptors (Lipinski definition) is 2. The quantitative estimate of drug-likeness (QED) is 0.193. The zero-order valence-electron chi connectivity index (χ0n) is 18.5. The van der Waals surface area contributed by atoms with Crippen LogP contribution in [0.5, 0.6) is 5.75 Å². The Morgan fingerprint density at radius 3 is 2.25 bits per heavy atom. The molecular formula is C26H31F3O3. The maximum atomic E-state index is 13.0. The van der Waals surface area contributed by atoms with E-state index in [1.54, 1.807) is 24.3 Å². The van der Waals surface area contributed by atoms with E-state index < -0.39 is 17.7 Å². The fourth-order valence-electron chi connectivity index (χ4n) is 3.42. The molecule has 0 radical (unpaired) electrons. The molecule has 0 spiro atoms. The van der Waals surface area contributed by atoms with Crippen LogP contribution in [-0.4, -0.2) is 17.7 Å². The monoisotopic (exact) mass is 448 g/mol. The van der Waals surface area contributed by atoms with Crippen molar-refractivity contribution in [2.45, 2.75) is 64.5 Å². The van der Waals surface area contributed by atoms with Gasteiger partial charge < -0.3 is 9.84 Å². The zero-order valence-corrected chi connectivity index (χ0v) is 18.5. The van der Waals surface area contributed by atoms with Gasteiger partial charge in [-0.25, -0.2) is 4.79 Å². The molecule has 1 N–H and O–H groups in total. The fraction of sp³-hybridized carbons (Fsp3) is 0.423. The molecule has 0 unspecified atom stereocenters. The summed E-state index contributed by atoms with van der Waals surface area (Å²) in [5.41, 5.74) is -0.549. The Morgan fingerprint density at radius 1 is 0.938 bits per heavy atom. The number of ether oxygens (including phenoxy) is 1. The van der Waals surface area contributed by atoms with Crippen molar-refractivity contribution in [2.24, 2.45) is 0 Å². The van der Waals surface area contributed by atoms with Crippen LogP contribution in [0, 0.1) is 0 Å². The van der Waals surface area contributed by atoms with Crippen LogP contribution in [0.2, 0.25) is 0 Å². The molecule has 0 amide bonds. The van der Waals surface area contributed by atoms with Crippen molar-refractivity contribution >= 4 is 17.6 Å². The van der Waals surface area contributed by atoms with Gasteiger partial charge in [0.2, 0.25) is 0 Å². The highest BCUT2D eigenvalue weighted by Crippen LogP contribution is 2.31. The second-order valence-corrected chi connectivity index (χ2v) is 7.84. The summed E-state index contributed by atoms with van der Waals surface area (Å²) >= 11 is 0. The second-order valence-electron chi connectivity index (χ2n) is 7.84. The first-order valence-corrected chi connectivity index (χ1v) is 11.2.